The summed E-state index contributed by atoms with van der Waals surface area (Å²) >= 11 is 0. The third-order valence-electron chi connectivity index (χ3n) is 2.78. The van der Waals surface area contributed by atoms with Gasteiger partial charge in [-0.05, 0) is 24.3 Å². The van der Waals surface area contributed by atoms with Gasteiger partial charge in [-0.3, -0.25) is 4.72 Å². The zero-order valence-corrected chi connectivity index (χ0v) is 12.3. The molecule has 0 heterocycles. The summed E-state index contributed by atoms with van der Waals surface area (Å²) in [7, 11) is -0.882. The van der Waals surface area contributed by atoms with Crippen molar-refractivity contribution in [1.29, 1.82) is 0 Å². The van der Waals surface area contributed by atoms with Crippen molar-refractivity contribution in [1.82, 2.24) is 0 Å². The molecule has 6 nitrogen and oxygen atoms in total. The molecule has 0 fully saturated rings. The molecule has 2 aromatic rings. The predicted octanol–water partition coefficient (Wildman–Crippen LogP) is 2.21. The fraction of sp³-hybridized carbons (Fsp3) is 0.143. The van der Waals surface area contributed by atoms with Crippen LogP contribution in [0.25, 0.3) is 0 Å². The molecule has 21 heavy (non-hydrogen) atoms. The van der Waals surface area contributed by atoms with Crippen LogP contribution in [0.2, 0.25) is 0 Å². The van der Waals surface area contributed by atoms with E-state index in [0.717, 1.165) is 0 Å². The summed E-state index contributed by atoms with van der Waals surface area (Å²) in [6.45, 7) is 0. The number of hydrogen-bond acceptors (Lipinski definition) is 5. The normalized spacial score (nSPS) is 11.0. The maximum atomic E-state index is 12.3. The highest BCUT2D eigenvalue weighted by Crippen LogP contribution is 2.31. The van der Waals surface area contributed by atoms with E-state index < -0.39 is 10.0 Å². The van der Waals surface area contributed by atoms with E-state index in [1.54, 1.807) is 12.1 Å². The van der Waals surface area contributed by atoms with Crippen LogP contribution < -0.4 is 14.2 Å². The number of ether oxygens (including phenoxy) is 2. The molecule has 0 aliphatic rings. The molecule has 2 rings (SSSR count). The average Bonchev–Trinajstić information content (AvgIpc) is 2.47. The fourth-order valence-electron chi connectivity index (χ4n) is 1.74. The predicted molar refractivity (Wildman–Crippen MR) is 78.5 cm³/mol. The number of benzene rings is 2. The van der Waals surface area contributed by atoms with Crippen molar-refractivity contribution < 1.29 is 23.0 Å². The lowest BCUT2D eigenvalue weighted by Crippen LogP contribution is -2.13. The molecule has 0 amide bonds. The maximum Gasteiger partial charge on any atom is 0.262 e. The maximum absolute atomic E-state index is 12.3. The summed E-state index contributed by atoms with van der Waals surface area (Å²) in [5.74, 6) is 0.754. The number of methoxy groups -OCH3 is 2. The molecule has 0 aliphatic carbocycles. The van der Waals surface area contributed by atoms with Gasteiger partial charge < -0.3 is 14.6 Å². The number of anilines is 1. The zero-order chi connectivity index (χ0) is 15.5. The highest BCUT2D eigenvalue weighted by Gasteiger charge is 2.17. The van der Waals surface area contributed by atoms with Crippen LogP contribution in [0.3, 0.4) is 0 Å². The molecule has 0 saturated carbocycles. The van der Waals surface area contributed by atoms with Crippen molar-refractivity contribution in [2.45, 2.75) is 4.90 Å². The molecule has 0 saturated heterocycles. The molecule has 0 spiro atoms. The molecule has 0 atom stereocenters. The van der Waals surface area contributed by atoms with E-state index in [9.17, 15) is 13.5 Å². The van der Waals surface area contributed by atoms with E-state index in [4.69, 9.17) is 9.47 Å². The second kappa shape index (κ2) is 5.92. The first-order valence-corrected chi connectivity index (χ1v) is 7.48. The van der Waals surface area contributed by atoms with Gasteiger partial charge >= 0.3 is 0 Å². The molecule has 0 aliphatic heterocycles. The third kappa shape index (κ3) is 3.38. The Balaban J connectivity index is 2.37. The lowest BCUT2D eigenvalue weighted by atomic mass is 10.3. The Morgan fingerprint density at radius 1 is 1.05 bits per heavy atom. The van der Waals surface area contributed by atoms with Crippen molar-refractivity contribution in [2.24, 2.45) is 0 Å². The van der Waals surface area contributed by atoms with Crippen LogP contribution >= 0.6 is 0 Å². The quantitative estimate of drug-likeness (QED) is 0.884. The van der Waals surface area contributed by atoms with Gasteiger partial charge in [-0.2, -0.15) is 0 Å². The van der Waals surface area contributed by atoms with Crippen LogP contribution in [-0.2, 0) is 10.0 Å². The van der Waals surface area contributed by atoms with Gasteiger partial charge in [-0.25, -0.2) is 8.42 Å². The molecular formula is C14H15NO5S. The molecule has 0 radical (unpaired) electrons. The Morgan fingerprint density at radius 2 is 1.81 bits per heavy atom. The van der Waals surface area contributed by atoms with Crippen molar-refractivity contribution >= 4 is 15.7 Å². The standard InChI is InChI=1S/C14H15NO5S/c1-19-11-6-7-13(14(9-11)20-2)15-21(17,18)12-5-3-4-10(16)8-12/h3-9,15-16H,1-2H3. The molecule has 0 aromatic heterocycles. The average molecular weight is 309 g/mol. The number of aromatic hydroxyl groups is 1. The van der Waals surface area contributed by atoms with E-state index in [1.807, 2.05) is 0 Å². The van der Waals surface area contributed by atoms with Crippen LogP contribution in [0.15, 0.2) is 47.4 Å². The van der Waals surface area contributed by atoms with E-state index in [0.29, 0.717) is 11.5 Å². The lowest BCUT2D eigenvalue weighted by molar-refractivity contribution is 0.395. The van der Waals surface area contributed by atoms with Gasteiger partial charge in [-0.1, -0.05) is 6.07 Å². The SMILES string of the molecule is COc1ccc(NS(=O)(=O)c2cccc(O)c2)c(OC)c1. The molecule has 0 unspecified atom stereocenters. The van der Waals surface area contributed by atoms with Crippen molar-refractivity contribution in [3.05, 3.63) is 42.5 Å². The number of phenolic OH excluding ortho intramolecular Hbond substituents is 1. The van der Waals surface area contributed by atoms with E-state index in [1.165, 1.54) is 44.6 Å². The minimum atomic E-state index is -3.82. The highest BCUT2D eigenvalue weighted by molar-refractivity contribution is 7.92. The second-order valence-electron chi connectivity index (χ2n) is 4.17. The first-order chi connectivity index (χ1) is 9.96. The van der Waals surface area contributed by atoms with Crippen LogP contribution in [-0.4, -0.2) is 27.7 Å². The van der Waals surface area contributed by atoms with Crippen molar-refractivity contribution in [3.63, 3.8) is 0 Å². The molecule has 112 valence electrons. The zero-order valence-electron chi connectivity index (χ0n) is 11.5. The second-order valence-corrected chi connectivity index (χ2v) is 5.85. The molecule has 2 aromatic carbocycles. The Hall–Kier alpha value is -2.41. The van der Waals surface area contributed by atoms with Crippen molar-refractivity contribution in [3.8, 4) is 17.2 Å². The summed E-state index contributed by atoms with van der Waals surface area (Å²) in [5.41, 5.74) is 0.279. The summed E-state index contributed by atoms with van der Waals surface area (Å²) in [6, 6.07) is 10.1. The van der Waals surface area contributed by atoms with Gasteiger partial charge in [-0.15, -0.1) is 0 Å². The van der Waals surface area contributed by atoms with Gasteiger partial charge in [0, 0.05) is 12.1 Å². The Kier molecular flexibility index (Phi) is 4.23. The van der Waals surface area contributed by atoms with Crippen molar-refractivity contribution in [2.75, 3.05) is 18.9 Å². The number of nitrogens with one attached hydrogen (secondary N) is 1. The first kappa shape index (κ1) is 15.0. The van der Waals surface area contributed by atoms with Crippen LogP contribution in [0.4, 0.5) is 5.69 Å². The summed E-state index contributed by atoms with van der Waals surface area (Å²) in [5, 5.41) is 9.38. The Labute approximate surface area is 123 Å². The number of sulfonamides is 1. The largest absolute Gasteiger partial charge is 0.508 e. The summed E-state index contributed by atoms with van der Waals surface area (Å²) in [4.78, 5) is -0.0413. The van der Waals surface area contributed by atoms with E-state index >= 15 is 0 Å². The van der Waals surface area contributed by atoms with Gasteiger partial charge in [0.05, 0.1) is 24.8 Å². The fourth-order valence-corrected chi connectivity index (χ4v) is 2.85. The molecule has 0 bridgehead atoms. The Morgan fingerprint density at radius 3 is 2.43 bits per heavy atom. The minimum Gasteiger partial charge on any atom is -0.508 e. The van der Waals surface area contributed by atoms with Gasteiger partial charge in [0.2, 0.25) is 0 Å². The highest BCUT2D eigenvalue weighted by atomic mass is 32.2. The minimum absolute atomic E-state index is 0.0413. The number of hydrogen-bond donors (Lipinski definition) is 2. The topological polar surface area (TPSA) is 84.9 Å². The van der Waals surface area contributed by atoms with E-state index in [2.05, 4.69) is 4.72 Å². The van der Waals surface area contributed by atoms with Gasteiger partial charge in [0.1, 0.15) is 17.2 Å². The van der Waals surface area contributed by atoms with Gasteiger partial charge in [0.25, 0.3) is 10.0 Å². The van der Waals surface area contributed by atoms with Crippen LogP contribution in [0.5, 0.6) is 17.2 Å². The Bertz CT molecular complexity index is 743. The number of phenols is 1. The van der Waals surface area contributed by atoms with Crippen LogP contribution in [0, 0.1) is 0 Å². The first-order valence-electron chi connectivity index (χ1n) is 6.00. The monoisotopic (exact) mass is 309 g/mol. The summed E-state index contributed by atoms with van der Waals surface area (Å²) in [6.07, 6.45) is 0. The van der Waals surface area contributed by atoms with Crippen LogP contribution in [0.1, 0.15) is 0 Å². The molecular weight excluding hydrogens is 294 g/mol. The van der Waals surface area contributed by atoms with E-state index in [-0.39, 0.29) is 16.3 Å². The number of rotatable bonds is 5. The third-order valence-corrected chi connectivity index (χ3v) is 4.14. The smallest absolute Gasteiger partial charge is 0.262 e. The van der Waals surface area contributed by atoms with Gasteiger partial charge in [0.15, 0.2) is 0 Å². The molecule has 2 N–H and O–H groups in total. The summed E-state index contributed by atoms with van der Waals surface area (Å²) < 4.78 is 37.1. The molecule has 7 heteroatoms. The lowest BCUT2D eigenvalue weighted by Gasteiger charge is -2.13.